The molecule has 1 unspecified atom stereocenters. The lowest BCUT2D eigenvalue weighted by atomic mass is 10.5. The molecule has 6 nitrogen and oxygen atoms in total. The smallest absolute Gasteiger partial charge is 0.311 e. The van der Waals surface area contributed by atoms with Crippen LogP contribution in [-0.4, -0.2) is 33.0 Å². The monoisotopic (exact) mass is 212 g/mol. The van der Waals surface area contributed by atoms with Crippen molar-refractivity contribution in [3.05, 3.63) is 0 Å². The van der Waals surface area contributed by atoms with Gasteiger partial charge in [0.15, 0.2) is 5.66 Å². The fourth-order valence-electron chi connectivity index (χ4n) is 0.672. The van der Waals surface area contributed by atoms with Gasteiger partial charge < -0.3 is 9.05 Å². The maximum Gasteiger partial charge on any atom is 0.357 e. The molecular weight excluding hydrogens is 199 g/mol. The molecule has 0 heterocycles. The highest BCUT2D eigenvalue weighted by atomic mass is 31.2. The molecule has 0 aromatic heterocycles. The Balaban J connectivity index is 4.46. The fraction of sp³-hybridized carbons (Fsp3) is 0.833. The quantitative estimate of drug-likeness (QED) is 0.384. The lowest BCUT2D eigenvalue weighted by Gasteiger charge is -2.17. The molecule has 0 radical (unpaired) electrons. The van der Waals surface area contributed by atoms with E-state index in [1.54, 1.807) is 0 Å². The first kappa shape index (κ1) is 12.6. The van der Waals surface area contributed by atoms with E-state index < -0.39 is 19.2 Å². The van der Waals surface area contributed by atoms with Crippen molar-refractivity contribution >= 4 is 13.6 Å². The van der Waals surface area contributed by atoms with Crippen molar-refractivity contribution in [1.29, 1.82) is 0 Å². The molecule has 0 aliphatic rings. The second-order valence-corrected chi connectivity index (χ2v) is 4.73. The van der Waals surface area contributed by atoms with Crippen molar-refractivity contribution in [3.63, 3.8) is 0 Å². The van der Waals surface area contributed by atoms with E-state index in [9.17, 15) is 9.36 Å². The zero-order valence-corrected chi connectivity index (χ0v) is 8.87. The molecule has 0 aromatic carbocycles. The highest BCUT2D eigenvalue weighted by Crippen LogP contribution is 2.51. The van der Waals surface area contributed by atoms with Crippen LogP contribution < -0.4 is 0 Å². The predicted octanol–water partition coefficient (Wildman–Crippen LogP) is 0.965. The summed E-state index contributed by atoms with van der Waals surface area (Å²) in [4.78, 5) is 19.3. The van der Waals surface area contributed by atoms with Crippen molar-refractivity contribution < 1.29 is 28.2 Å². The minimum Gasteiger partial charge on any atom is -0.311 e. The van der Waals surface area contributed by atoms with E-state index in [-0.39, 0.29) is 0 Å². The first-order valence-corrected chi connectivity index (χ1v) is 5.08. The van der Waals surface area contributed by atoms with Crippen LogP contribution in [0.1, 0.15) is 6.92 Å². The van der Waals surface area contributed by atoms with Gasteiger partial charge in [0.1, 0.15) is 0 Å². The van der Waals surface area contributed by atoms with E-state index in [1.807, 2.05) is 0 Å². The molecule has 0 aromatic rings. The van der Waals surface area contributed by atoms with Crippen molar-refractivity contribution in [2.75, 3.05) is 21.3 Å². The summed E-state index contributed by atoms with van der Waals surface area (Å²) in [6, 6.07) is 0. The van der Waals surface area contributed by atoms with Crippen LogP contribution >= 0.6 is 7.60 Å². The van der Waals surface area contributed by atoms with Crippen molar-refractivity contribution in [2.24, 2.45) is 0 Å². The summed E-state index contributed by atoms with van der Waals surface area (Å²) in [7, 11) is 0.154. The minimum atomic E-state index is -3.41. The Morgan fingerprint density at radius 3 is 2.00 bits per heavy atom. The van der Waals surface area contributed by atoms with E-state index in [2.05, 4.69) is 18.8 Å². The Morgan fingerprint density at radius 2 is 1.69 bits per heavy atom. The van der Waals surface area contributed by atoms with Gasteiger partial charge in [-0.05, 0) is 6.92 Å². The molecule has 0 bridgehead atoms. The van der Waals surface area contributed by atoms with Crippen molar-refractivity contribution in [3.8, 4) is 0 Å². The third kappa shape index (κ3) is 3.08. The summed E-state index contributed by atoms with van der Waals surface area (Å²) < 4.78 is 20.8. The van der Waals surface area contributed by atoms with Crippen LogP contribution in [0, 0.1) is 0 Å². The van der Waals surface area contributed by atoms with Gasteiger partial charge in [-0.25, -0.2) is 4.79 Å². The Hall–Kier alpha value is -0.420. The summed E-state index contributed by atoms with van der Waals surface area (Å²) in [5, 5.41) is 0. The molecule has 78 valence electrons. The second kappa shape index (κ2) is 5.34. The molecule has 0 saturated carbocycles. The summed E-state index contributed by atoms with van der Waals surface area (Å²) in [6.07, 6.45) is 0. The number of hydrogen-bond acceptors (Lipinski definition) is 6. The zero-order valence-electron chi connectivity index (χ0n) is 7.97. The summed E-state index contributed by atoms with van der Waals surface area (Å²) >= 11 is 0. The molecule has 0 spiro atoms. The van der Waals surface area contributed by atoms with E-state index >= 15 is 0 Å². The number of carbonyl (C=O) groups is 1. The average molecular weight is 212 g/mol. The van der Waals surface area contributed by atoms with Gasteiger partial charge in [-0.3, -0.25) is 9.45 Å². The van der Waals surface area contributed by atoms with E-state index in [0.717, 1.165) is 0 Å². The van der Waals surface area contributed by atoms with Crippen LogP contribution in [0.5, 0.6) is 0 Å². The SMILES string of the molecule is COOC(=O)C(C)P(=O)(OC)OC. The highest BCUT2D eigenvalue weighted by molar-refractivity contribution is 7.55. The highest BCUT2D eigenvalue weighted by Gasteiger charge is 2.37. The number of hydrogen-bond donors (Lipinski definition) is 0. The van der Waals surface area contributed by atoms with Crippen molar-refractivity contribution in [1.82, 2.24) is 0 Å². The molecule has 13 heavy (non-hydrogen) atoms. The van der Waals surface area contributed by atoms with Gasteiger partial charge in [-0.2, -0.15) is 4.89 Å². The molecule has 0 N–H and O–H groups in total. The molecule has 0 saturated heterocycles. The van der Waals surface area contributed by atoms with Gasteiger partial charge in [0.05, 0.1) is 7.11 Å². The molecule has 0 fully saturated rings. The molecule has 0 rings (SSSR count). The van der Waals surface area contributed by atoms with Gasteiger partial charge >= 0.3 is 13.6 Å². The first-order valence-electron chi connectivity index (χ1n) is 3.47. The van der Waals surface area contributed by atoms with Crippen LogP contribution in [0.3, 0.4) is 0 Å². The fourth-order valence-corrected chi connectivity index (χ4v) is 1.75. The average Bonchev–Trinajstić information content (AvgIpc) is 2.16. The van der Waals surface area contributed by atoms with E-state index in [1.165, 1.54) is 28.3 Å². The third-order valence-electron chi connectivity index (χ3n) is 1.49. The molecule has 0 amide bonds. The van der Waals surface area contributed by atoms with Gasteiger partial charge in [0, 0.05) is 14.2 Å². The lowest BCUT2D eigenvalue weighted by molar-refractivity contribution is -0.254. The van der Waals surface area contributed by atoms with Crippen molar-refractivity contribution in [2.45, 2.75) is 12.6 Å². The Labute approximate surface area is 76.6 Å². The van der Waals surface area contributed by atoms with Gasteiger partial charge in [-0.15, -0.1) is 0 Å². The first-order chi connectivity index (χ1) is 6.01. The Bertz CT molecular complexity index is 207. The van der Waals surface area contributed by atoms with Crippen LogP contribution in [-0.2, 0) is 28.2 Å². The Morgan fingerprint density at radius 1 is 1.23 bits per heavy atom. The molecule has 0 aliphatic carbocycles. The summed E-state index contributed by atoms with van der Waals surface area (Å²) in [6.45, 7) is 1.37. The Kier molecular flexibility index (Phi) is 5.17. The van der Waals surface area contributed by atoms with E-state index in [0.29, 0.717) is 0 Å². The van der Waals surface area contributed by atoms with Gasteiger partial charge in [0.25, 0.3) is 0 Å². The lowest BCUT2D eigenvalue weighted by Crippen LogP contribution is -2.21. The maximum absolute atomic E-state index is 11.6. The van der Waals surface area contributed by atoms with Crippen LogP contribution in [0.2, 0.25) is 0 Å². The van der Waals surface area contributed by atoms with Gasteiger partial charge in [0.2, 0.25) is 0 Å². The molecule has 0 aliphatic heterocycles. The standard InChI is InChI=1S/C6H13O6P/c1-5(6(7)12-9-2)13(8,10-3)11-4/h5H,1-4H3. The van der Waals surface area contributed by atoms with Crippen LogP contribution in [0.15, 0.2) is 0 Å². The summed E-state index contributed by atoms with van der Waals surface area (Å²) in [5.74, 6) is -0.797. The zero-order chi connectivity index (χ0) is 10.5. The molecule has 1 atom stereocenters. The second-order valence-electron chi connectivity index (χ2n) is 2.15. The number of rotatable bonds is 5. The van der Waals surface area contributed by atoms with Crippen LogP contribution in [0.25, 0.3) is 0 Å². The third-order valence-corrected chi connectivity index (χ3v) is 3.67. The van der Waals surface area contributed by atoms with E-state index in [4.69, 9.17) is 0 Å². The topological polar surface area (TPSA) is 71.1 Å². The molecular formula is C6H13O6P. The summed E-state index contributed by atoms with van der Waals surface area (Å²) in [5.41, 5.74) is -1.01. The largest absolute Gasteiger partial charge is 0.357 e. The van der Waals surface area contributed by atoms with Crippen LogP contribution in [0.4, 0.5) is 0 Å². The normalized spacial score (nSPS) is 13.8. The minimum absolute atomic E-state index is 0.797. The molecule has 7 heteroatoms. The predicted molar refractivity (Wildman–Crippen MR) is 44.2 cm³/mol. The maximum atomic E-state index is 11.6. The van der Waals surface area contributed by atoms with Gasteiger partial charge in [-0.1, -0.05) is 0 Å². The number of carbonyl (C=O) groups excluding carboxylic acids is 1.